The van der Waals surface area contributed by atoms with E-state index in [0.717, 1.165) is 29.7 Å². The highest BCUT2D eigenvalue weighted by atomic mass is 79.9. The highest BCUT2D eigenvalue weighted by molar-refractivity contribution is 9.10. The molecule has 0 fully saturated rings. The molecule has 1 N–H and O–H groups in total. The molecule has 4 heteroatoms. The summed E-state index contributed by atoms with van der Waals surface area (Å²) in [6, 6.07) is 5.64. The second-order valence-electron chi connectivity index (χ2n) is 5.38. The Morgan fingerprint density at radius 2 is 2.05 bits per heavy atom. The number of nitrogens with zero attached hydrogens (tertiary/aromatic N) is 1. The van der Waals surface area contributed by atoms with E-state index in [1.165, 1.54) is 6.42 Å². The third kappa shape index (κ3) is 5.72. The maximum absolute atomic E-state index is 10.3. The number of benzene rings is 1. The number of aliphatic hydroxyl groups excluding tert-OH is 1. The van der Waals surface area contributed by atoms with Gasteiger partial charge in [0.15, 0.2) is 0 Å². The zero-order valence-electron chi connectivity index (χ0n) is 12.6. The van der Waals surface area contributed by atoms with E-state index < -0.39 is 6.10 Å². The summed E-state index contributed by atoms with van der Waals surface area (Å²) in [5, 5.41) is 10.9. The summed E-state index contributed by atoms with van der Waals surface area (Å²) in [6.45, 7) is 9.66. The lowest BCUT2D eigenvalue weighted by Crippen LogP contribution is -2.30. The summed E-state index contributed by atoms with van der Waals surface area (Å²) in [7, 11) is 0. The van der Waals surface area contributed by atoms with Gasteiger partial charge in [0, 0.05) is 22.6 Å². The molecule has 0 spiro atoms. The maximum Gasteiger partial charge on any atom is 0.0816 e. The quantitative estimate of drug-likeness (QED) is 0.711. The fourth-order valence-electron chi connectivity index (χ4n) is 2.18. The summed E-state index contributed by atoms with van der Waals surface area (Å²) < 4.78 is 0.936. The van der Waals surface area contributed by atoms with Gasteiger partial charge in [-0.15, -0.1) is 0 Å². The van der Waals surface area contributed by atoms with Crippen LogP contribution in [0.2, 0.25) is 5.02 Å². The number of hydrogen-bond donors (Lipinski definition) is 1. The van der Waals surface area contributed by atoms with Gasteiger partial charge in [0.05, 0.1) is 6.10 Å². The van der Waals surface area contributed by atoms with E-state index in [9.17, 15) is 5.11 Å². The van der Waals surface area contributed by atoms with Gasteiger partial charge in [0.2, 0.25) is 0 Å². The molecule has 0 radical (unpaired) electrons. The lowest BCUT2D eigenvalue weighted by Gasteiger charge is -2.25. The zero-order valence-corrected chi connectivity index (χ0v) is 14.9. The average molecular weight is 363 g/mol. The van der Waals surface area contributed by atoms with E-state index in [-0.39, 0.29) is 0 Å². The summed E-state index contributed by atoms with van der Waals surface area (Å²) in [5.41, 5.74) is 0.814. The van der Waals surface area contributed by atoms with Crippen LogP contribution >= 0.6 is 27.5 Å². The molecule has 0 amide bonds. The van der Waals surface area contributed by atoms with Crippen LogP contribution in [0.5, 0.6) is 0 Å². The third-order valence-electron chi connectivity index (χ3n) is 3.75. The normalized spacial score (nSPS) is 14.6. The average Bonchev–Trinajstić information content (AvgIpc) is 2.42. The smallest absolute Gasteiger partial charge is 0.0816 e. The molecule has 0 bridgehead atoms. The molecule has 0 saturated heterocycles. The van der Waals surface area contributed by atoms with Crippen molar-refractivity contribution in [3.8, 4) is 0 Å². The van der Waals surface area contributed by atoms with Gasteiger partial charge in [0.1, 0.15) is 0 Å². The van der Waals surface area contributed by atoms with Crippen molar-refractivity contribution in [3.63, 3.8) is 0 Å². The van der Waals surface area contributed by atoms with Gasteiger partial charge >= 0.3 is 0 Å². The molecule has 1 aromatic carbocycles. The summed E-state index contributed by atoms with van der Waals surface area (Å²) in [5.74, 6) is 0.698. The molecule has 20 heavy (non-hydrogen) atoms. The minimum Gasteiger partial charge on any atom is -0.388 e. The van der Waals surface area contributed by atoms with E-state index in [1.54, 1.807) is 0 Å². The first-order valence-corrected chi connectivity index (χ1v) is 8.50. The first-order chi connectivity index (χ1) is 9.47. The standard InChI is InChI=1S/C16H25BrClNO/c1-4-12(3)11-19(5-2)9-8-16(20)14-7-6-13(17)10-15(14)18/h6-7,10,12,16,20H,4-5,8-9,11H2,1-3H3. The van der Waals surface area contributed by atoms with E-state index in [2.05, 4.69) is 41.6 Å². The van der Waals surface area contributed by atoms with Gasteiger partial charge in [-0.05, 0) is 36.6 Å². The zero-order chi connectivity index (χ0) is 15.1. The monoisotopic (exact) mass is 361 g/mol. The van der Waals surface area contributed by atoms with Crippen LogP contribution in [0.4, 0.5) is 0 Å². The fraction of sp³-hybridized carbons (Fsp3) is 0.625. The van der Waals surface area contributed by atoms with Crippen molar-refractivity contribution in [2.24, 2.45) is 5.92 Å². The van der Waals surface area contributed by atoms with Crippen LogP contribution in [0.25, 0.3) is 0 Å². The Bertz CT molecular complexity index is 413. The highest BCUT2D eigenvalue weighted by Gasteiger charge is 2.14. The van der Waals surface area contributed by atoms with E-state index >= 15 is 0 Å². The Hall–Kier alpha value is -0.0900. The maximum atomic E-state index is 10.3. The van der Waals surface area contributed by atoms with Crippen LogP contribution in [-0.4, -0.2) is 29.6 Å². The van der Waals surface area contributed by atoms with Crippen molar-refractivity contribution in [1.82, 2.24) is 4.90 Å². The first kappa shape index (κ1) is 18.0. The summed E-state index contributed by atoms with van der Waals surface area (Å²) in [6.07, 6.45) is 1.41. The van der Waals surface area contributed by atoms with Gasteiger partial charge in [-0.2, -0.15) is 0 Å². The Morgan fingerprint density at radius 1 is 1.35 bits per heavy atom. The minimum absolute atomic E-state index is 0.499. The lowest BCUT2D eigenvalue weighted by molar-refractivity contribution is 0.138. The molecular formula is C16H25BrClNO. The van der Waals surface area contributed by atoms with Crippen molar-refractivity contribution in [3.05, 3.63) is 33.3 Å². The molecule has 0 aliphatic heterocycles. The van der Waals surface area contributed by atoms with Gasteiger partial charge < -0.3 is 10.0 Å². The molecule has 0 aliphatic carbocycles. The number of aliphatic hydroxyl groups is 1. The molecule has 2 nitrogen and oxygen atoms in total. The predicted octanol–water partition coefficient (Wildman–Crippen LogP) is 4.89. The number of halogens is 2. The number of rotatable bonds is 8. The second-order valence-corrected chi connectivity index (χ2v) is 6.70. The SMILES string of the molecule is CCC(C)CN(CC)CCC(O)c1ccc(Br)cc1Cl. The molecule has 0 aliphatic rings. The van der Waals surface area contributed by atoms with Crippen molar-refractivity contribution in [1.29, 1.82) is 0 Å². The van der Waals surface area contributed by atoms with Crippen LogP contribution in [0.3, 0.4) is 0 Å². The summed E-state index contributed by atoms with van der Waals surface area (Å²) in [4.78, 5) is 2.39. The highest BCUT2D eigenvalue weighted by Crippen LogP contribution is 2.28. The molecular weight excluding hydrogens is 338 g/mol. The van der Waals surface area contributed by atoms with Crippen LogP contribution in [0.1, 0.15) is 45.3 Å². The summed E-state index contributed by atoms with van der Waals surface area (Å²) >= 11 is 9.56. The minimum atomic E-state index is -0.499. The molecule has 1 rings (SSSR count). The molecule has 0 aromatic heterocycles. The lowest BCUT2D eigenvalue weighted by atomic mass is 10.1. The van der Waals surface area contributed by atoms with E-state index in [0.29, 0.717) is 17.4 Å². The Labute approximate surface area is 136 Å². The van der Waals surface area contributed by atoms with E-state index in [1.807, 2.05) is 18.2 Å². The van der Waals surface area contributed by atoms with Crippen LogP contribution in [0.15, 0.2) is 22.7 Å². The van der Waals surface area contributed by atoms with Gasteiger partial charge in [-0.1, -0.05) is 60.8 Å². The largest absolute Gasteiger partial charge is 0.388 e. The van der Waals surface area contributed by atoms with Crippen molar-refractivity contribution in [2.45, 2.75) is 39.7 Å². The predicted molar refractivity (Wildman–Crippen MR) is 90.3 cm³/mol. The molecule has 0 heterocycles. The molecule has 1 aromatic rings. The fourth-order valence-corrected chi connectivity index (χ4v) is 2.98. The molecule has 2 atom stereocenters. The Kier molecular flexibility index (Phi) is 8.11. The Morgan fingerprint density at radius 3 is 2.60 bits per heavy atom. The van der Waals surface area contributed by atoms with Crippen molar-refractivity contribution < 1.29 is 5.11 Å². The molecule has 2 unspecified atom stereocenters. The van der Waals surface area contributed by atoms with Gasteiger partial charge in [0.25, 0.3) is 0 Å². The third-order valence-corrected chi connectivity index (χ3v) is 4.57. The van der Waals surface area contributed by atoms with Crippen LogP contribution in [-0.2, 0) is 0 Å². The second kappa shape index (κ2) is 9.04. The van der Waals surface area contributed by atoms with Crippen molar-refractivity contribution in [2.75, 3.05) is 19.6 Å². The topological polar surface area (TPSA) is 23.5 Å². The van der Waals surface area contributed by atoms with Gasteiger partial charge in [-0.25, -0.2) is 0 Å². The molecule has 0 saturated carbocycles. The number of hydrogen-bond acceptors (Lipinski definition) is 2. The van der Waals surface area contributed by atoms with Crippen LogP contribution in [0, 0.1) is 5.92 Å². The Balaban J connectivity index is 2.54. The van der Waals surface area contributed by atoms with Crippen LogP contribution < -0.4 is 0 Å². The van der Waals surface area contributed by atoms with E-state index in [4.69, 9.17) is 11.6 Å². The first-order valence-electron chi connectivity index (χ1n) is 7.33. The van der Waals surface area contributed by atoms with Gasteiger partial charge in [-0.3, -0.25) is 0 Å². The molecule has 114 valence electrons. The van der Waals surface area contributed by atoms with Crippen molar-refractivity contribution >= 4 is 27.5 Å².